The van der Waals surface area contributed by atoms with Gasteiger partial charge in [0.05, 0.1) is 5.25 Å². The monoisotopic (exact) mass is 258 g/mol. The predicted molar refractivity (Wildman–Crippen MR) is 71.1 cm³/mol. The number of fused-ring (bicyclic) bond motifs is 4. The van der Waals surface area contributed by atoms with Gasteiger partial charge in [-0.3, -0.25) is 9.00 Å². The number of carbonyl (C=O) groups excluding carboxylic acids is 1. The van der Waals surface area contributed by atoms with E-state index >= 15 is 0 Å². The van der Waals surface area contributed by atoms with Crippen molar-refractivity contribution in [3.05, 3.63) is 47.0 Å². The third kappa shape index (κ3) is 1.01. The van der Waals surface area contributed by atoms with E-state index in [-0.39, 0.29) is 17.0 Å². The first kappa shape index (κ1) is 10.7. The molecule has 1 aromatic rings. The SMILES string of the molecule is Cc1cccc2c1CC1(C2=O)C2C=CC(C2)S1=O. The van der Waals surface area contributed by atoms with Crippen LogP contribution in [0.15, 0.2) is 30.4 Å². The minimum absolute atomic E-state index is 0.105. The Hall–Kier alpha value is -1.22. The first-order valence-corrected chi connectivity index (χ1v) is 7.58. The minimum atomic E-state index is -1.05. The normalized spacial score (nSPS) is 39.8. The van der Waals surface area contributed by atoms with E-state index in [1.165, 1.54) is 0 Å². The standard InChI is InChI=1S/C15H14O2S/c1-9-3-2-4-12-13(9)8-15(14(12)16)10-5-6-11(7-10)18(15)17/h2-6,10-11H,7-8H2,1H3. The summed E-state index contributed by atoms with van der Waals surface area (Å²) in [6.07, 6.45) is 5.72. The Morgan fingerprint density at radius 3 is 2.83 bits per heavy atom. The van der Waals surface area contributed by atoms with E-state index in [9.17, 15) is 9.00 Å². The highest BCUT2D eigenvalue weighted by atomic mass is 32.2. The molecule has 4 rings (SSSR count). The summed E-state index contributed by atoms with van der Waals surface area (Å²) in [6, 6.07) is 5.86. The van der Waals surface area contributed by atoms with Gasteiger partial charge in [0.15, 0.2) is 5.78 Å². The summed E-state index contributed by atoms with van der Waals surface area (Å²) in [5.74, 6) is 0.305. The van der Waals surface area contributed by atoms with Crippen LogP contribution in [0.1, 0.15) is 27.9 Å². The molecule has 1 aliphatic heterocycles. The van der Waals surface area contributed by atoms with E-state index in [1.54, 1.807) is 0 Å². The number of allylic oxidation sites excluding steroid dienone is 1. The molecular weight excluding hydrogens is 244 g/mol. The van der Waals surface area contributed by atoms with Crippen LogP contribution in [0, 0.1) is 12.8 Å². The minimum Gasteiger partial charge on any atom is -0.292 e. The van der Waals surface area contributed by atoms with Crippen LogP contribution in [0.25, 0.3) is 0 Å². The first-order valence-electron chi connectivity index (χ1n) is 6.37. The zero-order valence-electron chi connectivity index (χ0n) is 10.2. The molecule has 4 atom stereocenters. The summed E-state index contributed by atoms with van der Waals surface area (Å²) in [7, 11) is -1.05. The summed E-state index contributed by atoms with van der Waals surface area (Å²) in [5.41, 5.74) is 3.09. The molecule has 0 radical (unpaired) electrons. The summed E-state index contributed by atoms with van der Waals surface area (Å²) in [6.45, 7) is 2.04. The van der Waals surface area contributed by atoms with Gasteiger partial charge >= 0.3 is 0 Å². The lowest BCUT2D eigenvalue weighted by Crippen LogP contribution is -2.44. The van der Waals surface area contributed by atoms with Gasteiger partial charge in [-0.1, -0.05) is 30.4 Å². The van der Waals surface area contributed by atoms with Crippen molar-refractivity contribution in [1.29, 1.82) is 0 Å². The van der Waals surface area contributed by atoms with Gasteiger partial charge < -0.3 is 0 Å². The highest BCUT2D eigenvalue weighted by molar-refractivity contribution is 7.88. The van der Waals surface area contributed by atoms with E-state index < -0.39 is 15.5 Å². The van der Waals surface area contributed by atoms with Crippen LogP contribution in [-0.2, 0) is 17.2 Å². The molecule has 3 heteroatoms. The lowest BCUT2D eigenvalue weighted by molar-refractivity contribution is 0.0938. The van der Waals surface area contributed by atoms with Gasteiger partial charge in [-0.25, -0.2) is 0 Å². The van der Waals surface area contributed by atoms with Crippen LogP contribution < -0.4 is 0 Å². The maximum Gasteiger partial charge on any atom is 0.182 e. The molecule has 1 heterocycles. The summed E-state index contributed by atoms with van der Waals surface area (Å²) in [4.78, 5) is 12.7. The fourth-order valence-electron chi connectivity index (χ4n) is 3.77. The lowest BCUT2D eigenvalue weighted by Gasteiger charge is -2.27. The zero-order valence-corrected chi connectivity index (χ0v) is 11.0. The third-order valence-electron chi connectivity index (χ3n) is 4.76. The van der Waals surface area contributed by atoms with Crippen molar-refractivity contribution < 1.29 is 9.00 Å². The molecule has 3 aliphatic rings. The van der Waals surface area contributed by atoms with Crippen LogP contribution >= 0.6 is 0 Å². The topological polar surface area (TPSA) is 34.1 Å². The van der Waals surface area contributed by atoms with E-state index in [0.717, 1.165) is 23.1 Å². The van der Waals surface area contributed by atoms with Gasteiger partial charge in [0.25, 0.3) is 0 Å². The van der Waals surface area contributed by atoms with Crippen molar-refractivity contribution in [2.45, 2.75) is 29.8 Å². The van der Waals surface area contributed by atoms with E-state index in [4.69, 9.17) is 0 Å². The van der Waals surface area contributed by atoms with Gasteiger partial charge in [-0.2, -0.15) is 0 Å². The maximum absolute atomic E-state index is 12.7. The molecule has 0 aromatic heterocycles. The smallest absolute Gasteiger partial charge is 0.182 e. The number of aryl methyl sites for hydroxylation is 1. The van der Waals surface area contributed by atoms with Crippen molar-refractivity contribution in [3.63, 3.8) is 0 Å². The van der Waals surface area contributed by atoms with Crippen molar-refractivity contribution in [3.8, 4) is 0 Å². The predicted octanol–water partition coefficient (Wildman–Crippen LogP) is 2.18. The van der Waals surface area contributed by atoms with Crippen molar-refractivity contribution in [2.75, 3.05) is 0 Å². The molecule has 18 heavy (non-hydrogen) atoms. The fraction of sp³-hybridized carbons (Fsp3) is 0.400. The molecule has 2 bridgehead atoms. The molecular formula is C15H14O2S. The third-order valence-corrected chi connectivity index (χ3v) is 7.01. The maximum atomic E-state index is 12.7. The average Bonchev–Trinajstić information content (AvgIpc) is 3.00. The molecule has 1 spiro atoms. The highest BCUT2D eigenvalue weighted by Crippen LogP contribution is 2.52. The molecule has 0 N–H and O–H groups in total. The van der Waals surface area contributed by atoms with Crippen molar-refractivity contribution in [1.82, 2.24) is 0 Å². The summed E-state index contributed by atoms with van der Waals surface area (Å²) < 4.78 is 12.0. The first-order chi connectivity index (χ1) is 8.64. The van der Waals surface area contributed by atoms with Crippen LogP contribution in [0.5, 0.6) is 0 Å². The van der Waals surface area contributed by atoms with E-state index in [1.807, 2.05) is 31.2 Å². The number of rotatable bonds is 0. The number of hydrogen-bond acceptors (Lipinski definition) is 2. The quantitative estimate of drug-likeness (QED) is 0.668. The molecule has 2 aliphatic carbocycles. The van der Waals surface area contributed by atoms with Gasteiger partial charge in [0.1, 0.15) is 4.75 Å². The van der Waals surface area contributed by atoms with Crippen LogP contribution in [-0.4, -0.2) is 20.0 Å². The molecule has 0 amide bonds. The second-order valence-corrected chi connectivity index (χ2v) is 7.49. The Morgan fingerprint density at radius 1 is 1.33 bits per heavy atom. The van der Waals surface area contributed by atoms with Gasteiger partial charge in [0, 0.05) is 22.3 Å². The van der Waals surface area contributed by atoms with Gasteiger partial charge in [0.2, 0.25) is 0 Å². The van der Waals surface area contributed by atoms with E-state index in [0.29, 0.717) is 6.42 Å². The Bertz CT molecular complexity index is 631. The molecule has 1 fully saturated rings. The zero-order chi connectivity index (χ0) is 12.5. The molecule has 1 aromatic carbocycles. The average molecular weight is 258 g/mol. The lowest BCUT2D eigenvalue weighted by atomic mass is 9.87. The number of ketones is 1. The molecule has 92 valence electrons. The summed E-state index contributed by atoms with van der Waals surface area (Å²) in [5, 5.41) is 0.105. The second-order valence-electron chi connectivity index (χ2n) is 5.56. The Balaban J connectivity index is 1.93. The molecule has 4 unspecified atom stereocenters. The van der Waals surface area contributed by atoms with Gasteiger partial charge in [-0.15, -0.1) is 0 Å². The fourth-order valence-corrected chi connectivity index (χ4v) is 5.98. The largest absolute Gasteiger partial charge is 0.292 e. The molecule has 2 nitrogen and oxygen atoms in total. The number of hydrogen-bond donors (Lipinski definition) is 0. The molecule has 1 saturated heterocycles. The van der Waals surface area contributed by atoms with Crippen LogP contribution in [0.4, 0.5) is 0 Å². The van der Waals surface area contributed by atoms with Crippen LogP contribution in [0.3, 0.4) is 0 Å². The van der Waals surface area contributed by atoms with Crippen molar-refractivity contribution >= 4 is 16.6 Å². The highest BCUT2D eigenvalue weighted by Gasteiger charge is 2.62. The van der Waals surface area contributed by atoms with E-state index in [2.05, 4.69) is 6.08 Å². The van der Waals surface area contributed by atoms with Crippen molar-refractivity contribution in [2.24, 2.45) is 5.92 Å². The number of carbonyl (C=O) groups is 1. The van der Waals surface area contributed by atoms with Crippen LogP contribution in [0.2, 0.25) is 0 Å². The Kier molecular flexibility index (Phi) is 1.90. The summed E-state index contributed by atoms with van der Waals surface area (Å²) >= 11 is 0. The Labute approximate surface area is 109 Å². The molecule has 0 saturated carbocycles. The Morgan fingerprint density at radius 2 is 2.17 bits per heavy atom. The van der Waals surface area contributed by atoms with Gasteiger partial charge in [-0.05, 0) is 30.9 Å². The number of benzene rings is 1. The second kappa shape index (κ2) is 3.21. The number of Topliss-reactive ketones (excluding diaryl/α,β-unsaturated/α-hetero) is 1.